The number of pyridine rings is 1. The summed E-state index contributed by atoms with van der Waals surface area (Å²) in [6.07, 6.45) is 0.972. The molecule has 0 saturated carbocycles. The van der Waals surface area contributed by atoms with Gasteiger partial charge in [-0.3, -0.25) is 4.98 Å². The first kappa shape index (κ1) is 13.6. The predicted octanol–water partition coefficient (Wildman–Crippen LogP) is 3.72. The lowest BCUT2D eigenvalue weighted by Gasteiger charge is -2.16. The highest BCUT2D eigenvalue weighted by Crippen LogP contribution is 2.30. The molecule has 1 aromatic heterocycles. The first-order valence-electron chi connectivity index (χ1n) is 7.04. The molecular weight excluding hydrogens is 262 g/mol. The summed E-state index contributed by atoms with van der Waals surface area (Å²) in [7, 11) is 0. The quantitative estimate of drug-likeness (QED) is 0.791. The van der Waals surface area contributed by atoms with Crippen molar-refractivity contribution in [1.29, 1.82) is 0 Å². The van der Waals surface area contributed by atoms with E-state index in [4.69, 9.17) is 4.74 Å². The molecule has 3 heteroatoms. The van der Waals surface area contributed by atoms with Crippen LogP contribution in [0.5, 0.6) is 5.75 Å². The van der Waals surface area contributed by atoms with Crippen LogP contribution in [0.4, 0.5) is 0 Å². The van der Waals surface area contributed by atoms with Crippen LogP contribution < -0.4 is 4.74 Å². The van der Waals surface area contributed by atoms with Gasteiger partial charge in [0.2, 0.25) is 0 Å². The first-order valence-corrected chi connectivity index (χ1v) is 7.04. The second kappa shape index (κ2) is 5.94. The fourth-order valence-electron chi connectivity index (χ4n) is 2.41. The van der Waals surface area contributed by atoms with Gasteiger partial charge in [0.15, 0.2) is 0 Å². The number of aliphatic hydroxyl groups excluding tert-OH is 1. The Bertz CT molecular complexity index is 755. The Kier molecular flexibility index (Phi) is 3.84. The molecule has 1 unspecified atom stereocenters. The van der Waals surface area contributed by atoms with E-state index in [9.17, 15) is 5.11 Å². The molecule has 0 aliphatic carbocycles. The Hall–Kier alpha value is -2.39. The number of para-hydroxylation sites is 2. The number of hydrogen-bond donors (Lipinski definition) is 1. The molecule has 3 nitrogen and oxygen atoms in total. The zero-order valence-electron chi connectivity index (χ0n) is 11.9. The zero-order chi connectivity index (χ0) is 14.7. The van der Waals surface area contributed by atoms with Crippen LogP contribution in [0.15, 0.2) is 60.8 Å². The molecule has 1 atom stereocenters. The molecule has 0 aliphatic rings. The molecule has 1 heterocycles. The van der Waals surface area contributed by atoms with Crippen molar-refractivity contribution in [1.82, 2.24) is 4.98 Å². The third kappa shape index (κ3) is 2.73. The fourth-order valence-corrected chi connectivity index (χ4v) is 2.41. The van der Waals surface area contributed by atoms with E-state index in [-0.39, 0.29) is 0 Å². The van der Waals surface area contributed by atoms with Crippen LogP contribution in [0.2, 0.25) is 0 Å². The lowest BCUT2D eigenvalue weighted by Crippen LogP contribution is -2.04. The molecule has 3 rings (SSSR count). The lowest BCUT2D eigenvalue weighted by atomic mass is 10.0. The smallest absolute Gasteiger partial charge is 0.125 e. The number of fused-ring (bicyclic) bond motifs is 1. The van der Waals surface area contributed by atoms with Crippen molar-refractivity contribution in [2.75, 3.05) is 6.61 Å². The summed E-state index contributed by atoms with van der Waals surface area (Å²) >= 11 is 0. The van der Waals surface area contributed by atoms with E-state index >= 15 is 0 Å². The molecule has 1 N–H and O–H groups in total. The maximum absolute atomic E-state index is 10.6. The summed E-state index contributed by atoms with van der Waals surface area (Å²) in [5.74, 6) is 0.709. The molecule has 21 heavy (non-hydrogen) atoms. The van der Waals surface area contributed by atoms with Crippen molar-refractivity contribution in [2.45, 2.75) is 13.0 Å². The molecule has 0 radical (unpaired) electrons. The molecule has 2 aromatic carbocycles. The number of benzene rings is 2. The topological polar surface area (TPSA) is 42.4 Å². The summed E-state index contributed by atoms with van der Waals surface area (Å²) in [4.78, 5) is 4.40. The van der Waals surface area contributed by atoms with E-state index in [0.717, 1.165) is 22.0 Å². The van der Waals surface area contributed by atoms with Gasteiger partial charge in [-0.05, 0) is 25.1 Å². The van der Waals surface area contributed by atoms with Crippen LogP contribution in [-0.4, -0.2) is 16.7 Å². The van der Waals surface area contributed by atoms with Crippen LogP contribution >= 0.6 is 0 Å². The molecule has 106 valence electrons. The Labute approximate surface area is 123 Å². The van der Waals surface area contributed by atoms with Crippen LogP contribution in [0, 0.1) is 0 Å². The highest BCUT2D eigenvalue weighted by Gasteiger charge is 2.16. The van der Waals surface area contributed by atoms with Crippen molar-refractivity contribution >= 4 is 10.9 Å². The van der Waals surface area contributed by atoms with Gasteiger partial charge in [0, 0.05) is 22.7 Å². The van der Waals surface area contributed by atoms with Crippen LogP contribution in [0.25, 0.3) is 10.9 Å². The van der Waals surface area contributed by atoms with Gasteiger partial charge in [-0.15, -0.1) is 0 Å². The first-order chi connectivity index (χ1) is 10.3. The minimum atomic E-state index is -0.746. The summed E-state index contributed by atoms with van der Waals surface area (Å²) < 4.78 is 5.59. The van der Waals surface area contributed by atoms with E-state index in [0.29, 0.717) is 12.4 Å². The summed E-state index contributed by atoms with van der Waals surface area (Å²) in [6, 6.07) is 17.4. The van der Waals surface area contributed by atoms with Gasteiger partial charge in [-0.25, -0.2) is 0 Å². The molecule has 0 spiro atoms. The summed E-state index contributed by atoms with van der Waals surface area (Å²) in [6.45, 7) is 2.50. The molecule has 0 bridgehead atoms. The Morgan fingerprint density at radius 3 is 2.71 bits per heavy atom. The summed E-state index contributed by atoms with van der Waals surface area (Å²) in [5, 5.41) is 11.7. The van der Waals surface area contributed by atoms with Crippen molar-refractivity contribution in [3.8, 4) is 5.75 Å². The van der Waals surface area contributed by atoms with E-state index in [1.54, 1.807) is 6.20 Å². The number of aliphatic hydroxyl groups is 1. The number of rotatable bonds is 4. The number of ether oxygens (including phenoxy) is 1. The van der Waals surface area contributed by atoms with Crippen molar-refractivity contribution in [2.24, 2.45) is 0 Å². The molecule has 0 fully saturated rings. The number of aromatic nitrogens is 1. The summed E-state index contributed by atoms with van der Waals surface area (Å²) in [5.41, 5.74) is 2.45. The van der Waals surface area contributed by atoms with Gasteiger partial charge in [0.25, 0.3) is 0 Å². The van der Waals surface area contributed by atoms with E-state index in [2.05, 4.69) is 4.98 Å². The third-order valence-corrected chi connectivity index (χ3v) is 3.44. The van der Waals surface area contributed by atoms with Crippen molar-refractivity contribution in [3.05, 3.63) is 71.9 Å². The minimum absolute atomic E-state index is 0.569. The van der Waals surface area contributed by atoms with Crippen molar-refractivity contribution < 1.29 is 9.84 Å². The molecule has 0 aliphatic heterocycles. The molecule has 0 saturated heterocycles. The van der Waals surface area contributed by atoms with E-state index < -0.39 is 6.10 Å². The average Bonchev–Trinajstić information content (AvgIpc) is 2.54. The fraction of sp³-hybridized carbons (Fsp3) is 0.167. The zero-order valence-corrected chi connectivity index (χ0v) is 11.9. The largest absolute Gasteiger partial charge is 0.493 e. The van der Waals surface area contributed by atoms with Crippen LogP contribution in [0.3, 0.4) is 0 Å². The second-order valence-electron chi connectivity index (χ2n) is 4.83. The third-order valence-electron chi connectivity index (χ3n) is 3.44. The normalized spacial score (nSPS) is 12.3. The van der Waals surface area contributed by atoms with Gasteiger partial charge in [0.05, 0.1) is 12.1 Å². The average molecular weight is 279 g/mol. The van der Waals surface area contributed by atoms with Gasteiger partial charge < -0.3 is 9.84 Å². The van der Waals surface area contributed by atoms with Gasteiger partial charge in [-0.2, -0.15) is 0 Å². The molecular formula is C18H17NO2. The van der Waals surface area contributed by atoms with Crippen LogP contribution in [-0.2, 0) is 0 Å². The van der Waals surface area contributed by atoms with Crippen LogP contribution in [0.1, 0.15) is 24.2 Å². The maximum Gasteiger partial charge on any atom is 0.125 e. The number of hydrogen-bond acceptors (Lipinski definition) is 3. The van der Waals surface area contributed by atoms with E-state index in [1.807, 2.05) is 61.5 Å². The Balaban J connectivity index is 2.02. The highest BCUT2D eigenvalue weighted by atomic mass is 16.5. The lowest BCUT2D eigenvalue weighted by molar-refractivity contribution is 0.211. The van der Waals surface area contributed by atoms with Gasteiger partial charge >= 0.3 is 0 Å². The molecule has 3 aromatic rings. The highest BCUT2D eigenvalue weighted by molar-refractivity contribution is 5.78. The molecule has 0 amide bonds. The minimum Gasteiger partial charge on any atom is -0.493 e. The number of nitrogens with zero attached hydrogens (tertiary/aromatic N) is 1. The van der Waals surface area contributed by atoms with Gasteiger partial charge in [-0.1, -0.05) is 36.4 Å². The maximum atomic E-state index is 10.6. The Morgan fingerprint density at radius 1 is 1.10 bits per heavy atom. The van der Waals surface area contributed by atoms with Gasteiger partial charge in [0.1, 0.15) is 11.9 Å². The van der Waals surface area contributed by atoms with E-state index in [1.165, 1.54) is 0 Å². The SMILES string of the molecule is CCOc1ccccc1C(O)c1cnc2ccccc2c1. The van der Waals surface area contributed by atoms with Crippen molar-refractivity contribution in [3.63, 3.8) is 0 Å². The standard InChI is InChI=1S/C18H17NO2/c1-2-21-17-10-6-4-8-15(17)18(20)14-11-13-7-3-5-9-16(13)19-12-14/h3-12,18,20H,2H2,1H3. The predicted molar refractivity (Wildman–Crippen MR) is 83.4 cm³/mol. The second-order valence-corrected chi connectivity index (χ2v) is 4.83. The monoisotopic (exact) mass is 279 g/mol. The Morgan fingerprint density at radius 2 is 1.86 bits per heavy atom.